The molecule has 0 aliphatic carbocycles. The van der Waals surface area contributed by atoms with Gasteiger partial charge in [-0.1, -0.05) is 43.3 Å². The summed E-state index contributed by atoms with van der Waals surface area (Å²) in [5, 5.41) is 4.14. The van der Waals surface area contributed by atoms with Crippen LogP contribution in [-0.4, -0.2) is 24.5 Å². The summed E-state index contributed by atoms with van der Waals surface area (Å²) < 4.78 is 1.69. The molecule has 0 bridgehead atoms. The lowest BCUT2D eigenvalue weighted by Crippen LogP contribution is -2.29. The molecule has 0 fully saturated rings. The number of rotatable bonds is 7. The van der Waals surface area contributed by atoms with Crippen LogP contribution >= 0.6 is 0 Å². The van der Waals surface area contributed by atoms with Crippen molar-refractivity contribution in [2.45, 2.75) is 33.2 Å². The maximum atomic E-state index is 13.9. The second-order valence-electron chi connectivity index (χ2n) is 9.06. The molecule has 2 aromatic carbocycles. The van der Waals surface area contributed by atoms with Gasteiger partial charge in [0.1, 0.15) is 11.6 Å². The van der Waals surface area contributed by atoms with Crippen molar-refractivity contribution in [3.63, 3.8) is 0 Å². The van der Waals surface area contributed by atoms with Crippen LogP contribution in [0.1, 0.15) is 47.6 Å². The third-order valence-corrected chi connectivity index (χ3v) is 6.48. The Labute approximate surface area is 221 Å². The van der Waals surface area contributed by atoms with E-state index < -0.39 is 0 Å². The number of nitrogens with one attached hydrogen (secondary N) is 1. The van der Waals surface area contributed by atoms with E-state index in [0.29, 0.717) is 29.0 Å². The Hall–Kier alpha value is -4.85. The lowest BCUT2D eigenvalue weighted by Gasteiger charge is -2.23. The number of para-hydroxylation sites is 1. The van der Waals surface area contributed by atoms with Gasteiger partial charge in [0, 0.05) is 18.0 Å². The van der Waals surface area contributed by atoms with Crippen LogP contribution in [-0.2, 0) is 0 Å². The van der Waals surface area contributed by atoms with E-state index >= 15 is 0 Å². The molecule has 38 heavy (non-hydrogen) atoms. The van der Waals surface area contributed by atoms with Crippen LogP contribution in [0.2, 0.25) is 0 Å². The maximum Gasteiger partial charge on any atom is 0.266 e. The first kappa shape index (κ1) is 24.8. The lowest BCUT2D eigenvalue weighted by molar-refractivity contribution is 0.658. The Morgan fingerprint density at radius 2 is 1.71 bits per heavy atom. The van der Waals surface area contributed by atoms with Gasteiger partial charge >= 0.3 is 0 Å². The Morgan fingerprint density at radius 1 is 0.947 bits per heavy atom. The van der Waals surface area contributed by atoms with Crippen molar-refractivity contribution in [2.24, 2.45) is 0 Å². The smallest absolute Gasteiger partial charge is 0.266 e. The number of nitrogens with two attached hydrogens (primary N) is 1. The molecule has 3 N–H and O–H groups in total. The minimum absolute atomic E-state index is 0.106. The molecule has 190 valence electrons. The highest BCUT2D eigenvalue weighted by atomic mass is 16.1. The summed E-state index contributed by atoms with van der Waals surface area (Å²) >= 11 is 0. The molecule has 3 heterocycles. The number of aryl methyl sites for hydroxylation is 2. The fourth-order valence-corrected chi connectivity index (χ4v) is 4.55. The van der Waals surface area contributed by atoms with Crippen molar-refractivity contribution in [1.29, 1.82) is 0 Å². The molecule has 0 aliphatic heterocycles. The van der Waals surface area contributed by atoms with Gasteiger partial charge in [0.2, 0.25) is 5.95 Å². The number of anilines is 2. The molecule has 0 saturated heterocycles. The Bertz CT molecular complexity index is 1680. The number of benzene rings is 2. The molecule has 1 atom stereocenters. The van der Waals surface area contributed by atoms with Crippen LogP contribution in [0.5, 0.6) is 0 Å². The van der Waals surface area contributed by atoms with Crippen LogP contribution in [0.25, 0.3) is 28.7 Å². The Kier molecular flexibility index (Phi) is 6.95. The second-order valence-corrected chi connectivity index (χ2v) is 9.06. The monoisotopic (exact) mass is 503 g/mol. The number of hydrogen-bond donors (Lipinski definition) is 2. The normalized spacial score (nSPS) is 12.2. The van der Waals surface area contributed by atoms with Gasteiger partial charge in [-0.05, 0) is 67.8 Å². The van der Waals surface area contributed by atoms with Crippen LogP contribution in [0, 0.1) is 13.8 Å². The predicted molar refractivity (Wildman–Crippen MR) is 153 cm³/mol. The van der Waals surface area contributed by atoms with E-state index in [1.165, 1.54) is 0 Å². The van der Waals surface area contributed by atoms with E-state index in [9.17, 15) is 4.79 Å². The second kappa shape index (κ2) is 10.6. The van der Waals surface area contributed by atoms with Gasteiger partial charge in [0.25, 0.3) is 5.56 Å². The highest BCUT2D eigenvalue weighted by molar-refractivity contribution is 5.82. The summed E-state index contributed by atoms with van der Waals surface area (Å²) in [7, 11) is 0. The average molecular weight is 504 g/mol. The largest absolute Gasteiger partial charge is 0.368 e. The van der Waals surface area contributed by atoms with Crippen LogP contribution < -0.4 is 16.6 Å². The molecule has 8 heteroatoms. The summed E-state index contributed by atoms with van der Waals surface area (Å²) in [4.78, 5) is 31.9. The van der Waals surface area contributed by atoms with Crippen molar-refractivity contribution in [3.8, 4) is 5.69 Å². The summed E-state index contributed by atoms with van der Waals surface area (Å²) in [5.41, 5.74) is 10.8. The standard InChI is InChI=1S/C30H29N7O/c1-4-24(34-27-23(20(3)33-30(31)36-27)14-13-21-15-17-32-18-16-21)28-35-25-12-8-9-19(2)26(25)29(38)37(28)22-10-6-5-7-11-22/h5-18,24H,4H2,1-3H3,(H3,31,33,34,36)/b14-13+. The van der Waals surface area contributed by atoms with E-state index in [-0.39, 0.29) is 17.5 Å². The van der Waals surface area contributed by atoms with Gasteiger partial charge in [-0.15, -0.1) is 0 Å². The highest BCUT2D eigenvalue weighted by Gasteiger charge is 2.22. The van der Waals surface area contributed by atoms with Gasteiger partial charge in [0.05, 0.1) is 28.3 Å². The number of hydrogen-bond acceptors (Lipinski definition) is 7. The highest BCUT2D eigenvalue weighted by Crippen LogP contribution is 2.28. The zero-order valence-corrected chi connectivity index (χ0v) is 21.6. The van der Waals surface area contributed by atoms with E-state index in [2.05, 4.69) is 20.3 Å². The van der Waals surface area contributed by atoms with E-state index in [1.54, 1.807) is 17.0 Å². The number of fused-ring (bicyclic) bond motifs is 1. The molecule has 0 amide bonds. The van der Waals surface area contributed by atoms with Gasteiger partial charge < -0.3 is 11.1 Å². The summed E-state index contributed by atoms with van der Waals surface area (Å²) in [6.45, 7) is 5.88. The number of aromatic nitrogens is 5. The first-order valence-electron chi connectivity index (χ1n) is 12.5. The number of nitrogens with zero attached hydrogens (tertiary/aromatic N) is 5. The molecule has 1 unspecified atom stereocenters. The van der Waals surface area contributed by atoms with E-state index in [0.717, 1.165) is 28.1 Å². The first-order valence-corrected chi connectivity index (χ1v) is 12.5. The zero-order valence-electron chi connectivity index (χ0n) is 21.6. The molecule has 5 rings (SSSR count). The average Bonchev–Trinajstić information content (AvgIpc) is 2.92. The third-order valence-electron chi connectivity index (χ3n) is 6.48. The number of pyridine rings is 1. The molecular formula is C30H29N7O. The summed E-state index contributed by atoms with van der Waals surface area (Å²) in [6.07, 6.45) is 8.07. The fraction of sp³-hybridized carbons (Fsp3) is 0.167. The van der Waals surface area contributed by atoms with Crippen molar-refractivity contribution in [1.82, 2.24) is 24.5 Å². The summed E-state index contributed by atoms with van der Waals surface area (Å²) in [5.74, 6) is 1.34. The molecule has 0 spiro atoms. The minimum atomic E-state index is -0.338. The van der Waals surface area contributed by atoms with Crippen LogP contribution in [0.15, 0.2) is 77.9 Å². The van der Waals surface area contributed by atoms with Crippen molar-refractivity contribution in [3.05, 3.63) is 112 Å². The van der Waals surface area contributed by atoms with Gasteiger partial charge in [0.15, 0.2) is 0 Å². The Morgan fingerprint density at radius 3 is 2.45 bits per heavy atom. The van der Waals surface area contributed by atoms with E-state index in [1.807, 2.05) is 93.6 Å². The SMILES string of the molecule is CCC(Nc1nc(N)nc(C)c1/C=C/c1ccncc1)c1nc2cccc(C)c2c(=O)n1-c1ccccc1. The first-order chi connectivity index (χ1) is 18.5. The van der Waals surface area contributed by atoms with Gasteiger partial charge in [-0.3, -0.25) is 14.3 Å². The quantitative estimate of drug-likeness (QED) is 0.301. The van der Waals surface area contributed by atoms with Crippen LogP contribution in [0.3, 0.4) is 0 Å². The number of nitrogen functional groups attached to an aromatic ring is 1. The van der Waals surface area contributed by atoms with Gasteiger partial charge in [-0.2, -0.15) is 4.98 Å². The molecule has 8 nitrogen and oxygen atoms in total. The minimum Gasteiger partial charge on any atom is -0.368 e. The summed E-state index contributed by atoms with van der Waals surface area (Å²) in [6, 6.07) is 18.8. The fourth-order valence-electron chi connectivity index (χ4n) is 4.55. The zero-order chi connectivity index (χ0) is 26.6. The van der Waals surface area contributed by atoms with Crippen molar-refractivity contribution in [2.75, 3.05) is 11.1 Å². The lowest BCUT2D eigenvalue weighted by atomic mass is 10.1. The molecular weight excluding hydrogens is 474 g/mol. The molecule has 0 saturated carbocycles. The van der Waals surface area contributed by atoms with E-state index in [4.69, 9.17) is 10.7 Å². The van der Waals surface area contributed by atoms with Gasteiger partial charge in [-0.25, -0.2) is 9.97 Å². The molecule has 0 radical (unpaired) electrons. The molecule has 0 aliphatic rings. The molecule has 5 aromatic rings. The molecule has 3 aromatic heterocycles. The van der Waals surface area contributed by atoms with Crippen molar-refractivity contribution >= 4 is 34.8 Å². The predicted octanol–water partition coefficient (Wildman–Crippen LogP) is 5.50. The van der Waals surface area contributed by atoms with Crippen molar-refractivity contribution < 1.29 is 0 Å². The topological polar surface area (TPSA) is 112 Å². The van der Waals surface area contributed by atoms with Crippen LogP contribution in [0.4, 0.5) is 11.8 Å². The third kappa shape index (κ3) is 4.88. The maximum absolute atomic E-state index is 13.9. The Balaban J connectivity index is 1.66.